The summed E-state index contributed by atoms with van der Waals surface area (Å²) in [5.41, 5.74) is 1.79. The third kappa shape index (κ3) is 3.32. The Bertz CT molecular complexity index is 945. The van der Waals surface area contributed by atoms with Crippen LogP contribution in [0.2, 0.25) is 0 Å². The number of esters is 1. The molecule has 0 amide bonds. The van der Waals surface area contributed by atoms with Gasteiger partial charge in [-0.1, -0.05) is 6.92 Å². The SMILES string of the molecule is COc1cc([C@@H]2c3cc4c(cc3O[C@H](OC(C)=O)[C@@H]2C)OCO4)cc(OC)c1OC. The molecule has 2 heterocycles. The molecule has 2 aromatic carbocycles. The summed E-state index contributed by atoms with van der Waals surface area (Å²) < 4.78 is 39.1. The molecule has 0 fully saturated rings. The molecular weight excluding hydrogens is 392 g/mol. The molecule has 2 aliphatic heterocycles. The minimum atomic E-state index is -0.764. The number of hydrogen-bond donors (Lipinski definition) is 0. The highest BCUT2D eigenvalue weighted by Gasteiger charge is 2.40. The van der Waals surface area contributed by atoms with Gasteiger partial charge >= 0.3 is 5.97 Å². The first kappa shape index (κ1) is 20.0. The zero-order valence-electron chi connectivity index (χ0n) is 17.5. The van der Waals surface area contributed by atoms with Crippen molar-refractivity contribution >= 4 is 5.97 Å². The number of carbonyl (C=O) groups is 1. The van der Waals surface area contributed by atoms with Gasteiger partial charge in [0.05, 0.1) is 21.3 Å². The van der Waals surface area contributed by atoms with Crippen LogP contribution in [0.15, 0.2) is 24.3 Å². The molecule has 3 atom stereocenters. The summed E-state index contributed by atoms with van der Waals surface area (Å²) in [6.07, 6.45) is -0.764. The zero-order chi connectivity index (χ0) is 21.4. The lowest BCUT2D eigenvalue weighted by Gasteiger charge is -2.37. The van der Waals surface area contributed by atoms with Crippen molar-refractivity contribution in [2.75, 3.05) is 28.1 Å². The van der Waals surface area contributed by atoms with E-state index in [4.69, 9.17) is 33.2 Å². The fourth-order valence-electron chi connectivity index (χ4n) is 4.02. The number of methoxy groups -OCH3 is 3. The molecule has 0 unspecified atom stereocenters. The van der Waals surface area contributed by atoms with Crippen LogP contribution in [0, 0.1) is 5.92 Å². The van der Waals surface area contributed by atoms with Crippen LogP contribution in [0.3, 0.4) is 0 Å². The van der Waals surface area contributed by atoms with Crippen LogP contribution in [0.1, 0.15) is 30.9 Å². The van der Waals surface area contributed by atoms with Crippen molar-refractivity contribution < 1.29 is 38.0 Å². The van der Waals surface area contributed by atoms with E-state index in [2.05, 4.69) is 0 Å². The molecule has 4 rings (SSSR count). The third-order valence-corrected chi connectivity index (χ3v) is 5.37. The zero-order valence-corrected chi connectivity index (χ0v) is 17.5. The third-order valence-electron chi connectivity index (χ3n) is 5.37. The topological polar surface area (TPSA) is 81.7 Å². The molecule has 30 heavy (non-hydrogen) atoms. The van der Waals surface area contributed by atoms with E-state index in [-0.39, 0.29) is 18.6 Å². The van der Waals surface area contributed by atoms with Crippen LogP contribution in [0.5, 0.6) is 34.5 Å². The Kier molecular flexibility index (Phi) is 5.24. The first-order chi connectivity index (χ1) is 14.5. The molecule has 0 saturated carbocycles. The first-order valence-electron chi connectivity index (χ1n) is 9.54. The van der Waals surface area contributed by atoms with Crippen LogP contribution in [-0.4, -0.2) is 40.4 Å². The second-order valence-electron chi connectivity index (χ2n) is 7.13. The van der Waals surface area contributed by atoms with E-state index in [1.807, 2.05) is 25.1 Å². The fourth-order valence-corrected chi connectivity index (χ4v) is 4.02. The highest BCUT2D eigenvalue weighted by molar-refractivity contribution is 5.66. The summed E-state index contributed by atoms with van der Waals surface area (Å²) in [4.78, 5) is 11.7. The fraction of sp³-hybridized carbons (Fsp3) is 0.409. The van der Waals surface area contributed by atoms with Gasteiger partial charge in [-0.15, -0.1) is 0 Å². The predicted octanol–water partition coefficient (Wildman–Crippen LogP) is 3.49. The Morgan fingerprint density at radius 2 is 1.57 bits per heavy atom. The molecular formula is C22H24O8. The van der Waals surface area contributed by atoms with Crippen molar-refractivity contribution in [1.29, 1.82) is 0 Å². The van der Waals surface area contributed by atoms with E-state index < -0.39 is 12.3 Å². The molecule has 2 aliphatic rings. The number of rotatable bonds is 5. The predicted molar refractivity (Wildman–Crippen MR) is 106 cm³/mol. The molecule has 0 aromatic heterocycles. The van der Waals surface area contributed by atoms with Crippen molar-refractivity contribution in [2.45, 2.75) is 26.1 Å². The Morgan fingerprint density at radius 3 is 2.13 bits per heavy atom. The van der Waals surface area contributed by atoms with Crippen molar-refractivity contribution in [1.82, 2.24) is 0 Å². The largest absolute Gasteiger partial charge is 0.493 e. The lowest BCUT2D eigenvalue weighted by atomic mass is 9.78. The van der Waals surface area contributed by atoms with E-state index >= 15 is 0 Å². The Balaban J connectivity index is 1.88. The maximum Gasteiger partial charge on any atom is 0.305 e. The maximum absolute atomic E-state index is 11.7. The van der Waals surface area contributed by atoms with Gasteiger partial charge < -0.3 is 33.2 Å². The molecule has 8 nitrogen and oxygen atoms in total. The van der Waals surface area contributed by atoms with Crippen LogP contribution in [0.4, 0.5) is 0 Å². The summed E-state index contributed by atoms with van der Waals surface area (Å²) in [6, 6.07) is 7.47. The normalized spacial score (nSPS) is 21.3. The summed E-state index contributed by atoms with van der Waals surface area (Å²) in [5, 5.41) is 0. The van der Waals surface area contributed by atoms with E-state index in [0.29, 0.717) is 34.5 Å². The van der Waals surface area contributed by atoms with E-state index in [9.17, 15) is 4.79 Å². The quantitative estimate of drug-likeness (QED) is 0.685. The van der Waals surface area contributed by atoms with Gasteiger partial charge in [-0.3, -0.25) is 4.79 Å². The van der Waals surface area contributed by atoms with Crippen LogP contribution in [0.25, 0.3) is 0 Å². The molecule has 2 aromatic rings. The van der Waals surface area contributed by atoms with Crippen LogP contribution in [-0.2, 0) is 9.53 Å². The van der Waals surface area contributed by atoms with Gasteiger partial charge in [0, 0.05) is 30.4 Å². The molecule has 0 bridgehead atoms. The second kappa shape index (κ2) is 7.85. The van der Waals surface area contributed by atoms with E-state index in [1.54, 1.807) is 27.4 Å². The minimum absolute atomic E-state index is 0.149. The number of hydrogen-bond acceptors (Lipinski definition) is 8. The number of fused-ring (bicyclic) bond motifs is 2. The van der Waals surface area contributed by atoms with Crippen LogP contribution < -0.4 is 28.4 Å². The standard InChI is InChI=1S/C22H24O8/c1-11-20(13-6-18(24-3)21(26-5)19(7-13)25-4)14-8-16-17(28-10-27-16)9-15(14)30-22(11)29-12(2)23/h6-9,11,20,22H,10H2,1-5H3/t11-,20-,22+/m1/s1. The number of carbonyl (C=O) groups excluding carboxylic acids is 1. The summed E-state index contributed by atoms with van der Waals surface area (Å²) in [5.74, 6) is 2.58. The molecule has 160 valence electrons. The van der Waals surface area contributed by atoms with Crippen molar-refractivity contribution in [3.63, 3.8) is 0 Å². The highest BCUT2D eigenvalue weighted by Crippen LogP contribution is 2.51. The molecule has 0 spiro atoms. The van der Waals surface area contributed by atoms with E-state index in [0.717, 1.165) is 11.1 Å². The van der Waals surface area contributed by atoms with Gasteiger partial charge in [-0.05, 0) is 23.8 Å². The first-order valence-corrected chi connectivity index (χ1v) is 9.54. The monoisotopic (exact) mass is 416 g/mol. The number of ether oxygens (including phenoxy) is 7. The molecule has 0 aliphatic carbocycles. The lowest BCUT2D eigenvalue weighted by Crippen LogP contribution is -2.38. The van der Waals surface area contributed by atoms with Gasteiger partial charge in [0.2, 0.25) is 18.8 Å². The van der Waals surface area contributed by atoms with Crippen molar-refractivity contribution in [3.05, 3.63) is 35.4 Å². The molecule has 0 radical (unpaired) electrons. The summed E-state index contributed by atoms with van der Waals surface area (Å²) in [6.45, 7) is 3.48. The van der Waals surface area contributed by atoms with E-state index in [1.165, 1.54) is 6.92 Å². The Hall–Kier alpha value is -3.29. The molecule has 8 heteroatoms. The van der Waals surface area contributed by atoms with Gasteiger partial charge in [-0.25, -0.2) is 0 Å². The van der Waals surface area contributed by atoms with Crippen LogP contribution >= 0.6 is 0 Å². The average Bonchev–Trinajstić information content (AvgIpc) is 3.18. The van der Waals surface area contributed by atoms with Crippen molar-refractivity contribution in [2.24, 2.45) is 5.92 Å². The van der Waals surface area contributed by atoms with Crippen molar-refractivity contribution in [3.8, 4) is 34.5 Å². The lowest BCUT2D eigenvalue weighted by molar-refractivity contribution is -0.171. The van der Waals surface area contributed by atoms with Gasteiger partial charge in [-0.2, -0.15) is 0 Å². The maximum atomic E-state index is 11.7. The smallest absolute Gasteiger partial charge is 0.305 e. The molecule has 0 N–H and O–H groups in total. The average molecular weight is 416 g/mol. The van der Waals surface area contributed by atoms with Gasteiger partial charge in [0.25, 0.3) is 0 Å². The Labute approximate surface area is 174 Å². The van der Waals surface area contributed by atoms with Gasteiger partial charge in [0.1, 0.15) is 5.75 Å². The summed E-state index contributed by atoms with van der Waals surface area (Å²) in [7, 11) is 4.70. The molecule has 0 saturated heterocycles. The Morgan fingerprint density at radius 1 is 0.933 bits per heavy atom. The highest BCUT2D eigenvalue weighted by atomic mass is 16.7. The second-order valence-corrected chi connectivity index (χ2v) is 7.13. The number of benzene rings is 2. The summed E-state index contributed by atoms with van der Waals surface area (Å²) >= 11 is 0. The minimum Gasteiger partial charge on any atom is -0.493 e. The van der Waals surface area contributed by atoms with Gasteiger partial charge in [0.15, 0.2) is 23.0 Å².